The van der Waals surface area contributed by atoms with Gasteiger partial charge >= 0.3 is 0 Å². The molecule has 1 N–H and O–H groups in total. The Labute approximate surface area is 94.3 Å². The molecular weight excluding hydrogens is 184 g/mol. The van der Waals surface area contributed by atoms with Gasteiger partial charge in [-0.3, -0.25) is 0 Å². The second kappa shape index (κ2) is 4.86. The second-order valence-electron chi connectivity index (χ2n) is 6.14. The lowest BCUT2D eigenvalue weighted by molar-refractivity contribution is 0.0272. The van der Waals surface area contributed by atoms with Gasteiger partial charge in [0.25, 0.3) is 0 Å². The van der Waals surface area contributed by atoms with Crippen LogP contribution in [0.25, 0.3) is 0 Å². The maximum atomic E-state index is 9.93. The second-order valence-corrected chi connectivity index (χ2v) is 6.14. The van der Waals surface area contributed by atoms with Crippen LogP contribution in [-0.2, 0) is 0 Å². The lowest BCUT2D eigenvalue weighted by atomic mass is 9.69. The topological polar surface area (TPSA) is 20.2 Å². The van der Waals surface area contributed by atoms with Crippen molar-refractivity contribution in [1.29, 1.82) is 0 Å². The van der Waals surface area contributed by atoms with Gasteiger partial charge in [-0.1, -0.05) is 26.7 Å². The number of aliphatic hydroxyl groups is 1. The smallest absolute Gasteiger partial charge is 0.0568 e. The largest absolute Gasteiger partial charge is 0.393 e. The molecule has 0 saturated heterocycles. The molecule has 0 aromatic rings. The molecule has 1 nitrogen and oxygen atoms in total. The van der Waals surface area contributed by atoms with Crippen molar-refractivity contribution in [2.24, 2.45) is 23.7 Å². The first-order valence-electron chi connectivity index (χ1n) is 6.85. The predicted molar refractivity (Wildman–Crippen MR) is 63.6 cm³/mol. The monoisotopic (exact) mass is 210 g/mol. The summed E-state index contributed by atoms with van der Waals surface area (Å²) < 4.78 is 0. The standard InChI is InChI=1S/C14H26O/c1-10-3-6-12(7-4-10)13-8-5-11(2)14(15)9-13/h10-15H,3-9H2,1-2H3/t10?,11-,12?,13-,14-/m1/s1. The summed E-state index contributed by atoms with van der Waals surface area (Å²) in [6.45, 7) is 4.58. The van der Waals surface area contributed by atoms with Gasteiger partial charge in [0.15, 0.2) is 0 Å². The highest BCUT2D eigenvalue weighted by atomic mass is 16.3. The van der Waals surface area contributed by atoms with Crippen LogP contribution in [0.1, 0.15) is 58.8 Å². The molecular formula is C14H26O. The Morgan fingerprint density at radius 3 is 2.00 bits per heavy atom. The first kappa shape index (κ1) is 11.4. The predicted octanol–water partition coefficient (Wildman–Crippen LogP) is 3.61. The zero-order chi connectivity index (χ0) is 10.8. The highest BCUT2D eigenvalue weighted by Crippen LogP contribution is 2.41. The van der Waals surface area contributed by atoms with E-state index < -0.39 is 0 Å². The third-order valence-electron chi connectivity index (χ3n) is 4.92. The third-order valence-corrected chi connectivity index (χ3v) is 4.92. The average molecular weight is 210 g/mol. The highest BCUT2D eigenvalue weighted by molar-refractivity contribution is 4.83. The zero-order valence-electron chi connectivity index (χ0n) is 10.3. The van der Waals surface area contributed by atoms with Gasteiger partial charge in [0.2, 0.25) is 0 Å². The minimum absolute atomic E-state index is 0.0110. The molecule has 0 aromatic carbocycles. The van der Waals surface area contributed by atoms with Gasteiger partial charge in [-0.2, -0.15) is 0 Å². The Hall–Kier alpha value is -0.0400. The molecule has 0 aromatic heterocycles. The molecule has 0 radical (unpaired) electrons. The molecule has 2 aliphatic carbocycles. The van der Waals surface area contributed by atoms with Crippen LogP contribution in [-0.4, -0.2) is 11.2 Å². The minimum atomic E-state index is -0.0110. The molecule has 88 valence electrons. The summed E-state index contributed by atoms with van der Waals surface area (Å²) in [5.74, 6) is 3.27. The molecule has 0 aliphatic heterocycles. The molecule has 1 heteroatoms. The normalized spacial score (nSPS) is 47.8. The lowest BCUT2D eigenvalue weighted by Crippen LogP contribution is -2.32. The fourth-order valence-electron chi connectivity index (χ4n) is 3.52. The van der Waals surface area contributed by atoms with Crippen LogP contribution >= 0.6 is 0 Å². The molecule has 3 atom stereocenters. The number of hydrogen-bond acceptors (Lipinski definition) is 1. The van der Waals surface area contributed by atoms with Gasteiger partial charge in [-0.15, -0.1) is 0 Å². The lowest BCUT2D eigenvalue weighted by Gasteiger charge is -2.38. The van der Waals surface area contributed by atoms with Crippen molar-refractivity contribution >= 4 is 0 Å². The summed E-state index contributed by atoms with van der Waals surface area (Å²) in [6, 6.07) is 0. The van der Waals surface area contributed by atoms with Gasteiger partial charge in [-0.05, 0) is 55.8 Å². The van der Waals surface area contributed by atoms with Crippen molar-refractivity contribution in [3.63, 3.8) is 0 Å². The summed E-state index contributed by atoms with van der Waals surface area (Å²) in [5, 5.41) is 9.93. The van der Waals surface area contributed by atoms with Crippen molar-refractivity contribution in [2.45, 2.75) is 64.9 Å². The van der Waals surface area contributed by atoms with Crippen molar-refractivity contribution in [3.8, 4) is 0 Å². The van der Waals surface area contributed by atoms with E-state index in [-0.39, 0.29) is 6.10 Å². The Morgan fingerprint density at radius 1 is 0.800 bits per heavy atom. The molecule has 2 fully saturated rings. The van der Waals surface area contributed by atoms with Crippen LogP contribution < -0.4 is 0 Å². The van der Waals surface area contributed by atoms with Crippen molar-refractivity contribution < 1.29 is 5.11 Å². The van der Waals surface area contributed by atoms with Gasteiger partial charge in [0.1, 0.15) is 0 Å². The van der Waals surface area contributed by atoms with E-state index in [4.69, 9.17) is 0 Å². The molecule has 2 saturated carbocycles. The molecule has 0 heterocycles. The van der Waals surface area contributed by atoms with Crippen LogP contribution in [0.3, 0.4) is 0 Å². The Morgan fingerprint density at radius 2 is 1.40 bits per heavy atom. The van der Waals surface area contributed by atoms with Crippen LogP contribution in [0.4, 0.5) is 0 Å². The Balaban J connectivity index is 1.84. The van der Waals surface area contributed by atoms with Crippen LogP contribution in [0.15, 0.2) is 0 Å². The fraction of sp³-hybridized carbons (Fsp3) is 1.00. The van der Waals surface area contributed by atoms with Gasteiger partial charge in [0.05, 0.1) is 6.10 Å². The summed E-state index contributed by atoms with van der Waals surface area (Å²) in [7, 11) is 0. The molecule has 0 spiro atoms. The Kier molecular flexibility index (Phi) is 3.71. The molecule has 2 rings (SSSR count). The summed E-state index contributed by atoms with van der Waals surface area (Å²) in [4.78, 5) is 0. The third kappa shape index (κ3) is 2.75. The van der Waals surface area contributed by atoms with Gasteiger partial charge in [-0.25, -0.2) is 0 Å². The molecule has 0 bridgehead atoms. The van der Waals surface area contributed by atoms with Gasteiger partial charge in [0, 0.05) is 0 Å². The van der Waals surface area contributed by atoms with Crippen LogP contribution in [0.5, 0.6) is 0 Å². The first-order chi connectivity index (χ1) is 7.16. The SMILES string of the molecule is CC1CCC([C@@H]2CC[C@@H](C)[C@H](O)C2)CC1. The van der Waals surface area contributed by atoms with Crippen LogP contribution in [0, 0.1) is 23.7 Å². The zero-order valence-corrected chi connectivity index (χ0v) is 10.3. The van der Waals surface area contributed by atoms with E-state index >= 15 is 0 Å². The first-order valence-corrected chi connectivity index (χ1v) is 6.85. The highest BCUT2D eigenvalue weighted by Gasteiger charge is 2.32. The van der Waals surface area contributed by atoms with E-state index in [2.05, 4.69) is 13.8 Å². The Bertz CT molecular complexity index is 194. The molecule has 15 heavy (non-hydrogen) atoms. The number of aliphatic hydroxyl groups excluding tert-OH is 1. The van der Waals surface area contributed by atoms with E-state index in [1.807, 2.05) is 0 Å². The maximum absolute atomic E-state index is 9.93. The van der Waals surface area contributed by atoms with E-state index in [0.717, 1.165) is 24.2 Å². The molecule has 2 aliphatic rings. The average Bonchev–Trinajstić information content (AvgIpc) is 2.23. The molecule has 0 amide bonds. The summed E-state index contributed by atoms with van der Waals surface area (Å²) in [5.41, 5.74) is 0. The van der Waals surface area contributed by atoms with Gasteiger partial charge < -0.3 is 5.11 Å². The minimum Gasteiger partial charge on any atom is -0.393 e. The maximum Gasteiger partial charge on any atom is 0.0568 e. The number of hydrogen-bond donors (Lipinski definition) is 1. The quantitative estimate of drug-likeness (QED) is 0.701. The number of rotatable bonds is 1. The van der Waals surface area contributed by atoms with E-state index in [1.165, 1.54) is 38.5 Å². The summed E-state index contributed by atoms with van der Waals surface area (Å²) >= 11 is 0. The van der Waals surface area contributed by atoms with E-state index in [9.17, 15) is 5.11 Å². The van der Waals surface area contributed by atoms with Crippen molar-refractivity contribution in [1.82, 2.24) is 0 Å². The fourth-order valence-corrected chi connectivity index (χ4v) is 3.52. The van der Waals surface area contributed by atoms with Crippen molar-refractivity contribution in [3.05, 3.63) is 0 Å². The van der Waals surface area contributed by atoms with E-state index in [1.54, 1.807) is 0 Å². The summed E-state index contributed by atoms with van der Waals surface area (Å²) in [6.07, 6.45) is 9.39. The van der Waals surface area contributed by atoms with E-state index in [0.29, 0.717) is 5.92 Å². The van der Waals surface area contributed by atoms with Crippen LogP contribution in [0.2, 0.25) is 0 Å². The molecule has 0 unspecified atom stereocenters. The van der Waals surface area contributed by atoms with Crippen molar-refractivity contribution in [2.75, 3.05) is 0 Å².